The molecular weight excluding hydrogens is 606 g/mol. The van der Waals surface area contributed by atoms with Gasteiger partial charge in [-0.2, -0.15) is 0 Å². The number of ether oxygens (including phenoxy) is 1. The summed E-state index contributed by atoms with van der Waals surface area (Å²) in [5, 5.41) is 32.1. The quantitative estimate of drug-likeness (QED) is 0.185. The van der Waals surface area contributed by atoms with Crippen LogP contribution < -0.4 is 27.0 Å². The summed E-state index contributed by atoms with van der Waals surface area (Å²) in [6.45, 7) is 5.12. The van der Waals surface area contributed by atoms with Crippen LogP contribution in [0.25, 0.3) is 11.1 Å². The van der Waals surface area contributed by atoms with Crippen molar-refractivity contribution in [2.24, 2.45) is 5.73 Å². The molecule has 1 aliphatic heterocycles. The summed E-state index contributed by atoms with van der Waals surface area (Å²) in [4.78, 5) is 66.3. The number of carbonyl (C=O) groups excluding carboxylic acids is 5. The highest BCUT2D eigenvalue weighted by molar-refractivity contribution is 6.00. The average Bonchev–Trinajstić information content (AvgIpc) is 3.03. The van der Waals surface area contributed by atoms with Gasteiger partial charge in [0.2, 0.25) is 17.7 Å². The Labute approximate surface area is 271 Å². The van der Waals surface area contributed by atoms with Crippen LogP contribution in [0.5, 0.6) is 11.5 Å². The zero-order chi connectivity index (χ0) is 34.4. The second kappa shape index (κ2) is 14.8. The molecule has 4 atom stereocenters. The molecular formula is C34H39N5O8. The van der Waals surface area contributed by atoms with E-state index < -0.39 is 53.8 Å². The molecule has 0 fully saturated rings. The third-order valence-corrected chi connectivity index (χ3v) is 7.95. The first kappa shape index (κ1) is 34.4. The Morgan fingerprint density at radius 2 is 1.64 bits per heavy atom. The summed E-state index contributed by atoms with van der Waals surface area (Å²) < 4.78 is 4.87. The van der Waals surface area contributed by atoms with Gasteiger partial charge in [0.15, 0.2) is 0 Å². The van der Waals surface area contributed by atoms with Crippen LogP contribution in [0.2, 0.25) is 0 Å². The maximum Gasteiger partial charge on any atom is 0.328 e. The van der Waals surface area contributed by atoms with E-state index in [2.05, 4.69) is 21.3 Å². The van der Waals surface area contributed by atoms with Crippen molar-refractivity contribution in [1.29, 1.82) is 0 Å². The number of esters is 1. The lowest BCUT2D eigenvalue weighted by molar-refractivity contribution is -0.145. The smallest absolute Gasteiger partial charge is 0.328 e. The number of phenols is 2. The van der Waals surface area contributed by atoms with Crippen LogP contribution in [0, 0.1) is 13.8 Å². The predicted octanol–water partition coefficient (Wildman–Crippen LogP) is 1.40. The predicted molar refractivity (Wildman–Crippen MR) is 172 cm³/mol. The number of hydrogen-bond donors (Lipinski definition) is 7. The fourth-order valence-electron chi connectivity index (χ4n) is 5.39. The SMILES string of the molecule is COC(=O)[C@@H]1Cc2ccc(O)c(c2)-c2cc(ccc2O)[C@H](NC(=O)[C@H](CCN)NC(=O)c2ccc(C)cc2C)C(=O)N[C@@H](C)C(=O)N1. The molecule has 4 bridgehead atoms. The summed E-state index contributed by atoms with van der Waals surface area (Å²) in [5.41, 5.74) is 8.88. The topological polar surface area (TPSA) is 209 Å². The highest BCUT2D eigenvalue weighted by Gasteiger charge is 2.32. The number of fused-ring (bicyclic) bond motifs is 5. The van der Waals surface area contributed by atoms with Crippen molar-refractivity contribution < 1.29 is 38.9 Å². The first-order valence-electron chi connectivity index (χ1n) is 15.0. The van der Waals surface area contributed by atoms with Gasteiger partial charge in [0.05, 0.1) is 7.11 Å². The van der Waals surface area contributed by atoms with Gasteiger partial charge in [-0.15, -0.1) is 0 Å². The maximum absolute atomic E-state index is 13.8. The van der Waals surface area contributed by atoms with Crippen LogP contribution in [0.15, 0.2) is 54.6 Å². The van der Waals surface area contributed by atoms with Crippen molar-refractivity contribution >= 4 is 29.6 Å². The number of nitrogens with one attached hydrogen (secondary N) is 4. The zero-order valence-corrected chi connectivity index (χ0v) is 26.5. The number of phenolic OH excluding ortho intramolecular Hbond substituents is 2. The first-order chi connectivity index (χ1) is 22.3. The van der Waals surface area contributed by atoms with Gasteiger partial charge in [0.1, 0.15) is 35.7 Å². The number of aryl methyl sites for hydroxylation is 2. The third kappa shape index (κ3) is 8.05. The Kier molecular flexibility index (Phi) is 10.8. The first-order valence-corrected chi connectivity index (χ1v) is 15.0. The average molecular weight is 646 g/mol. The van der Waals surface area contributed by atoms with E-state index in [0.29, 0.717) is 16.7 Å². The molecule has 0 radical (unpaired) electrons. The molecule has 3 aromatic carbocycles. The van der Waals surface area contributed by atoms with Crippen LogP contribution in [-0.2, 0) is 30.3 Å². The van der Waals surface area contributed by atoms with Gasteiger partial charge in [-0.3, -0.25) is 19.2 Å². The van der Waals surface area contributed by atoms with E-state index in [1.807, 2.05) is 13.0 Å². The molecule has 47 heavy (non-hydrogen) atoms. The molecule has 4 amide bonds. The lowest BCUT2D eigenvalue weighted by Crippen LogP contribution is -2.54. The molecule has 0 spiro atoms. The monoisotopic (exact) mass is 645 g/mol. The number of aromatic hydroxyl groups is 2. The van der Waals surface area contributed by atoms with Crippen LogP contribution in [0.4, 0.5) is 0 Å². The second-order valence-corrected chi connectivity index (χ2v) is 11.5. The molecule has 8 N–H and O–H groups in total. The fourth-order valence-corrected chi connectivity index (χ4v) is 5.39. The molecule has 0 saturated heterocycles. The summed E-state index contributed by atoms with van der Waals surface area (Å²) >= 11 is 0. The number of rotatable bonds is 7. The van der Waals surface area contributed by atoms with Gasteiger partial charge in [-0.1, -0.05) is 29.8 Å². The van der Waals surface area contributed by atoms with Crippen LogP contribution in [-0.4, -0.2) is 71.6 Å². The highest BCUT2D eigenvalue weighted by atomic mass is 16.5. The van der Waals surface area contributed by atoms with Crippen molar-refractivity contribution in [3.05, 3.63) is 82.4 Å². The van der Waals surface area contributed by atoms with E-state index in [4.69, 9.17) is 10.5 Å². The van der Waals surface area contributed by atoms with E-state index in [1.165, 1.54) is 38.3 Å². The standard InChI is InChI=1S/C34H39N5O8/c1-17-5-8-22(18(2)13-17)31(43)37-25(11-12-35)32(44)39-29-21-7-10-28(41)24(16-21)23-14-20(6-9-27(23)40)15-26(34(46)47-4)38-30(42)19(3)36-33(29)45/h5-10,13-14,16,19,25-26,29,40-41H,11-12,15,35H2,1-4H3,(H,36,45)(H,37,43)(H,38,42)(H,39,44)/t19-,25-,26-,29-/m0/s1. The van der Waals surface area contributed by atoms with Gasteiger partial charge < -0.3 is 42.0 Å². The van der Waals surface area contributed by atoms with E-state index >= 15 is 0 Å². The number of amides is 4. The number of methoxy groups -OCH3 is 1. The molecule has 4 rings (SSSR count). The van der Waals surface area contributed by atoms with Gasteiger partial charge in [0.25, 0.3) is 5.91 Å². The molecule has 13 heteroatoms. The number of carbonyl (C=O) groups is 5. The Hall–Kier alpha value is -5.43. The van der Waals surface area contributed by atoms with Gasteiger partial charge in [0, 0.05) is 23.1 Å². The Morgan fingerprint density at radius 1 is 0.957 bits per heavy atom. The lowest BCUT2D eigenvalue weighted by atomic mass is 9.94. The molecule has 1 aliphatic rings. The summed E-state index contributed by atoms with van der Waals surface area (Å²) in [5.74, 6) is -3.88. The van der Waals surface area contributed by atoms with E-state index in [9.17, 15) is 34.2 Å². The summed E-state index contributed by atoms with van der Waals surface area (Å²) in [6, 6.07) is 9.05. The normalized spacial score (nSPS) is 18.5. The van der Waals surface area contributed by atoms with Gasteiger partial charge >= 0.3 is 5.97 Å². The molecule has 0 unspecified atom stereocenters. The Morgan fingerprint density at radius 3 is 2.30 bits per heavy atom. The fraction of sp³-hybridized carbons (Fsp3) is 0.324. The maximum atomic E-state index is 13.8. The molecule has 0 aliphatic carbocycles. The van der Waals surface area contributed by atoms with E-state index in [-0.39, 0.29) is 47.6 Å². The molecule has 0 aromatic heterocycles. The van der Waals surface area contributed by atoms with Crippen LogP contribution in [0.3, 0.4) is 0 Å². The van der Waals surface area contributed by atoms with Crippen molar-refractivity contribution in [2.75, 3.05) is 13.7 Å². The number of hydrogen-bond acceptors (Lipinski definition) is 9. The summed E-state index contributed by atoms with van der Waals surface area (Å²) in [7, 11) is 1.17. The molecule has 3 aromatic rings. The van der Waals surface area contributed by atoms with Gasteiger partial charge in [-0.25, -0.2) is 4.79 Å². The van der Waals surface area contributed by atoms with Crippen LogP contribution >= 0.6 is 0 Å². The van der Waals surface area contributed by atoms with Crippen molar-refractivity contribution in [1.82, 2.24) is 21.3 Å². The molecule has 248 valence electrons. The Bertz CT molecular complexity index is 1710. The highest BCUT2D eigenvalue weighted by Crippen LogP contribution is 2.38. The Balaban J connectivity index is 1.75. The third-order valence-electron chi connectivity index (χ3n) is 7.95. The second-order valence-electron chi connectivity index (χ2n) is 11.5. The van der Waals surface area contributed by atoms with Gasteiger partial charge in [-0.05, 0) is 80.8 Å². The summed E-state index contributed by atoms with van der Waals surface area (Å²) in [6.07, 6.45) is 0.0356. The molecule has 0 saturated carbocycles. The van der Waals surface area contributed by atoms with Crippen molar-refractivity contribution in [3.8, 4) is 22.6 Å². The molecule has 13 nitrogen and oxygen atoms in total. The largest absolute Gasteiger partial charge is 0.507 e. The molecule has 1 heterocycles. The number of benzene rings is 3. The van der Waals surface area contributed by atoms with E-state index in [1.54, 1.807) is 31.2 Å². The zero-order valence-electron chi connectivity index (χ0n) is 26.5. The lowest BCUT2D eigenvalue weighted by Gasteiger charge is -2.26. The minimum Gasteiger partial charge on any atom is -0.507 e. The van der Waals surface area contributed by atoms with Crippen LogP contribution in [0.1, 0.15) is 52.0 Å². The minimum absolute atomic E-state index is 0.0120. The minimum atomic E-state index is -1.43. The van der Waals surface area contributed by atoms with Crippen molar-refractivity contribution in [2.45, 2.75) is 57.8 Å². The van der Waals surface area contributed by atoms with E-state index in [0.717, 1.165) is 5.56 Å². The number of nitrogens with two attached hydrogens (primary N) is 1. The van der Waals surface area contributed by atoms with Crippen molar-refractivity contribution in [3.63, 3.8) is 0 Å².